The number of hydrogen-bond donors (Lipinski definition) is 1. The van der Waals surface area contributed by atoms with Gasteiger partial charge in [-0.2, -0.15) is 5.26 Å². The van der Waals surface area contributed by atoms with Crippen LogP contribution in [-0.4, -0.2) is 48.9 Å². The SMILES string of the molecule is CC.CCc1cc2c(cc1N1CCN(C)CC1)C(C)(C)c1[nH]c3cc(C#N)ccc3c1C2=O. The highest BCUT2D eigenvalue weighted by atomic mass is 16.1. The molecular weight excluding hydrogens is 408 g/mol. The van der Waals surface area contributed by atoms with Gasteiger partial charge in [0.1, 0.15) is 0 Å². The van der Waals surface area contributed by atoms with Crippen molar-refractivity contribution in [2.45, 2.75) is 46.5 Å². The highest BCUT2D eigenvalue weighted by Gasteiger charge is 2.40. The van der Waals surface area contributed by atoms with Crippen LogP contribution in [0.3, 0.4) is 0 Å². The molecule has 33 heavy (non-hydrogen) atoms. The number of aryl methyl sites for hydroxylation is 1. The minimum atomic E-state index is -0.335. The zero-order chi connectivity index (χ0) is 23.9. The van der Waals surface area contributed by atoms with Crippen LogP contribution in [0.5, 0.6) is 0 Å². The number of aromatic nitrogens is 1. The molecule has 5 heteroatoms. The molecule has 172 valence electrons. The third-order valence-corrected chi connectivity index (χ3v) is 7.14. The number of fused-ring (bicyclic) bond motifs is 4. The topological polar surface area (TPSA) is 63.1 Å². The number of piperazine rings is 1. The second-order valence-electron chi connectivity index (χ2n) is 9.37. The molecule has 1 N–H and O–H groups in total. The van der Waals surface area contributed by atoms with E-state index in [1.54, 1.807) is 6.07 Å². The number of hydrogen-bond acceptors (Lipinski definition) is 4. The fraction of sp³-hybridized carbons (Fsp3) is 0.429. The van der Waals surface area contributed by atoms with E-state index in [0.717, 1.165) is 65.9 Å². The predicted octanol–water partition coefficient (Wildman–Crippen LogP) is 5.25. The highest BCUT2D eigenvalue weighted by Crippen LogP contribution is 2.45. The van der Waals surface area contributed by atoms with Crippen LogP contribution in [0.4, 0.5) is 5.69 Å². The summed E-state index contributed by atoms with van der Waals surface area (Å²) in [6, 6.07) is 12.1. The Kier molecular flexibility index (Phi) is 6.07. The maximum Gasteiger partial charge on any atom is 0.195 e. The lowest BCUT2D eigenvalue weighted by molar-refractivity contribution is 0.103. The lowest BCUT2D eigenvalue weighted by atomic mass is 9.70. The van der Waals surface area contributed by atoms with E-state index in [0.29, 0.717) is 5.56 Å². The molecule has 0 unspecified atom stereocenters. The van der Waals surface area contributed by atoms with Gasteiger partial charge in [0.05, 0.1) is 17.2 Å². The molecule has 1 aliphatic heterocycles. The number of rotatable bonds is 2. The van der Waals surface area contributed by atoms with Crippen molar-refractivity contribution in [3.05, 3.63) is 63.8 Å². The normalized spacial score (nSPS) is 17.1. The third kappa shape index (κ3) is 3.63. The monoisotopic (exact) mass is 442 g/mol. The summed E-state index contributed by atoms with van der Waals surface area (Å²) in [6.07, 6.45) is 0.898. The van der Waals surface area contributed by atoms with Crippen molar-refractivity contribution in [1.82, 2.24) is 9.88 Å². The van der Waals surface area contributed by atoms with Crippen LogP contribution >= 0.6 is 0 Å². The van der Waals surface area contributed by atoms with Crippen LogP contribution < -0.4 is 4.90 Å². The van der Waals surface area contributed by atoms with Crippen LogP contribution in [0, 0.1) is 11.3 Å². The molecule has 0 saturated carbocycles. The summed E-state index contributed by atoms with van der Waals surface area (Å²) in [7, 11) is 2.17. The van der Waals surface area contributed by atoms with Gasteiger partial charge in [0.2, 0.25) is 0 Å². The van der Waals surface area contributed by atoms with Gasteiger partial charge in [-0.15, -0.1) is 0 Å². The molecular formula is C28H34N4O. The van der Waals surface area contributed by atoms with Gasteiger partial charge in [-0.3, -0.25) is 4.79 Å². The number of nitrogens with zero attached hydrogens (tertiary/aromatic N) is 3. The molecule has 0 atom stereocenters. The Morgan fingerprint density at radius 3 is 2.42 bits per heavy atom. The summed E-state index contributed by atoms with van der Waals surface area (Å²) in [4.78, 5) is 22.0. The highest BCUT2D eigenvalue weighted by molar-refractivity contribution is 6.20. The van der Waals surface area contributed by atoms with E-state index in [2.05, 4.69) is 60.8 Å². The number of carbonyl (C=O) groups is 1. The molecule has 0 radical (unpaired) electrons. The summed E-state index contributed by atoms with van der Waals surface area (Å²) in [5, 5.41) is 10.2. The fourth-order valence-corrected chi connectivity index (χ4v) is 5.20. The molecule has 2 aromatic carbocycles. The summed E-state index contributed by atoms with van der Waals surface area (Å²) < 4.78 is 0. The van der Waals surface area contributed by atoms with Crippen LogP contribution in [0.25, 0.3) is 10.9 Å². The van der Waals surface area contributed by atoms with Gasteiger partial charge in [0.25, 0.3) is 0 Å². The zero-order valence-electron chi connectivity index (χ0n) is 20.7. The first kappa shape index (κ1) is 23.1. The second-order valence-corrected chi connectivity index (χ2v) is 9.37. The lowest BCUT2D eigenvalue weighted by Gasteiger charge is -2.38. The largest absolute Gasteiger partial charge is 0.369 e. The van der Waals surface area contributed by atoms with E-state index in [1.807, 2.05) is 26.0 Å². The average molecular weight is 443 g/mol. The minimum Gasteiger partial charge on any atom is -0.369 e. The number of ketones is 1. The number of anilines is 1. The number of nitriles is 1. The molecule has 5 nitrogen and oxygen atoms in total. The number of aromatic amines is 1. The molecule has 2 aliphatic rings. The van der Waals surface area contributed by atoms with Gasteiger partial charge in [-0.25, -0.2) is 0 Å². The van der Waals surface area contributed by atoms with Crippen molar-refractivity contribution < 1.29 is 4.79 Å². The van der Waals surface area contributed by atoms with Crippen molar-refractivity contribution in [2.75, 3.05) is 38.1 Å². The van der Waals surface area contributed by atoms with Crippen molar-refractivity contribution in [3.63, 3.8) is 0 Å². The van der Waals surface area contributed by atoms with Gasteiger partial charge in [-0.1, -0.05) is 40.7 Å². The van der Waals surface area contributed by atoms with Crippen LogP contribution in [0.1, 0.15) is 72.9 Å². The van der Waals surface area contributed by atoms with E-state index < -0.39 is 0 Å². The van der Waals surface area contributed by atoms with E-state index in [-0.39, 0.29) is 11.2 Å². The second kappa shape index (κ2) is 8.68. The maximum atomic E-state index is 13.7. The first-order valence-electron chi connectivity index (χ1n) is 12.1. The van der Waals surface area contributed by atoms with Gasteiger partial charge in [-0.05, 0) is 48.9 Å². The molecule has 0 spiro atoms. The van der Waals surface area contributed by atoms with E-state index in [9.17, 15) is 10.1 Å². The standard InChI is InChI=1S/C26H28N4O.C2H6/c1-5-17-13-19-20(14-22(17)30-10-8-29(4)9-11-30)26(2,3)25-23(24(19)31)18-7-6-16(15-27)12-21(18)28-25;1-2/h6-7,12-14,28H,5,8-11H2,1-4H3;1-2H3. The number of H-pyrrole nitrogens is 1. The molecule has 1 saturated heterocycles. The average Bonchev–Trinajstić information content (AvgIpc) is 3.24. The minimum absolute atomic E-state index is 0.0833. The Morgan fingerprint density at radius 2 is 1.79 bits per heavy atom. The van der Waals surface area contributed by atoms with Gasteiger partial charge >= 0.3 is 0 Å². The first-order chi connectivity index (χ1) is 15.8. The number of likely N-dealkylation sites (N-methyl/N-ethyl adjacent to an activating group) is 1. The molecule has 1 aromatic heterocycles. The third-order valence-electron chi connectivity index (χ3n) is 7.14. The predicted molar refractivity (Wildman–Crippen MR) is 135 cm³/mol. The summed E-state index contributed by atoms with van der Waals surface area (Å²) in [5.41, 5.74) is 7.23. The molecule has 0 amide bonds. The Hall–Kier alpha value is -3.10. The molecule has 5 rings (SSSR count). The Morgan fingerprint density at radius 1 is 1.09 bits per heavy atom. The zero-order valence-corrected chi connectivity index (χ0v) is 20.7. The molecule has 1 aliphatic carbocycles. The fourth-order valence-electron chi connectivity index (χ4n) is 5.20. The Labute approximate surface area is 197 Å². The molecule has 2 heterocycles. The number of carbonyl (C=O) groups excluding carboxylic acids is 1. The van der Waals surface area contributed by atoms with Gasteiger partial charge in [0, 0.05) is 59.4 Å². The van der Waals surface area contributed by atoms with Crippen molar-refractivity contribution in [1.29, 1.82) is 5.26 Å². The van der Waals surface area contributed by atoms with Gasteiger partial charge < -0.3 is 14.8 Å². The first-order valence-corrected chi connectivity index (χ1v) is 12.1. The van der Waals surface area contributed by atoms with Crippen LogP contribution in [-0.2, 0) is 11.8 Å². The maximum absolute atomic E-state index is 13.7. The van der Waals surface area contributed by atoms with E-state index >= 15 is 0 Å². The Bertz CT molecular complexity index is 1250. The molecule has 3 aromatic rings. The summed E-state index contributed by atoms with van der Waals surface area (Å²) in [5.74, 6) is 0.0833. The van der Waals surface area contributed by atoms with Crippen LogP contribution in [0.2, 0.25) is 0 Å². The van der Waals surface area contributed by atoms with E-state index in [4.69, 9.17) is 0 Å². The van der Waals surface area contributed by atoms with Crippen LogP contribution in [0.15, 0.2) is 30.3 Å². The smallest absolute Gasteiger partial charge is 0.195 e. The summed E-state index contributed by atoms with van der Waals surface area (Å²) in [6.45, 7) is 14.7. The molecule has 0 bridgehead atoms. The van der Waals surface area contributed by atoms with Crippen molar-refractivity contribution >= 4 is 22.4 Å². The van der Waals surface area contributed by atoms with Crippen molar-refractivity contribution in [2.24, 2.45) is 0 Å². The van der Waals surface area contributed by atoms with Gasteiger partial charge in [0.15, 0.2) is 5.78 Å². The molecule has 1 fully saturated rings. The number of benzene rings is 2. The Balaban J connectivity index is 0.00000126. The van der Waals surface area contributed by atoms with Crippen molar-refractivity contribution in [3.8, 4) is 6.07 Å². The number of nitrogens with one attached hydrogen (secondary N) is 1. The quantitative estimate of drug-likeness (QED) is 0.589. The van der Waals surface area contributed by atoms with E-state index in [1.165, 1.54) is 11.3 Å². The lowest BCUT2D eigenvalue weighted by Crippen LogP contribution is -2.45. The summed E-state index contributed by atoms with van der Waals surface area (Å²) >= 11 is 0.